The summed E-state index contributed by atoms with van der Waals surface area (Å²) in [5.41, 5.74) is 2.53. The third-order valence-corrected chi connectivity index (χ3v) is 5.10. The van der Waals surface area contributed by atoms with Crippen molar-refractivity contribution in [1.29, 1.82) is 0 Å². The van der Waals surface area contributed by atoms with Crippen LogP contribution >= 0.6 is 22.9 Å². The van der Waals surface area contributed by atoms with E-state index in [4.69, 9.17) is 16.3 Å². The molecule has 22 heavy (non-hydrogen) atoms. The van der Waals surface area contributed by atoms with Crippen molar-refractivity contribution in [3.05, 3.63) is 44.9 Å². The van der Waals surface area contributed by atoms with Gasteiger partial charge < -0.3 is 4.74 Å². The Kier molecular flexibility index (Phi) is 3.39. The fourth-order valence-corrected chi connectivity index (χ4v) is 3.93. The number of nitrogens with one attached hydrogen (secondary N) is 1. The Balaban J connectivity index is 1.55. The van der Waals surface area contributed by atoms with Crippen LogP contribution in [0.4, 0.5) is 5.13 Å². The summed E-state index contributed by atoms with van der Waals surface area (Å²) in [6, 6.07) is 5.38. The molecule has 0 saturated carbocycles. The third-order valence-electron chi connectivity index (χ3n) is 3.79. The molecule has 1 aliphatic carbocycles. The molecular formula is C16H13ClN2O2S. The molecule has 1 aromatic heterocycles. The number of ether oxygens (including phenoxy) is 1. The minimum absolute atomic E-state index is 0.168. The van der Waals surface area contributed by atoms with E-state index in [0.29, 0.717) is 15.7 Å². The number of amides is 1. The molecule has 2 aliphatic rings. The summed E-state index contributed by atoms with van der Waals surface area (Å²) in [6.07, 6.45) is 5.07. The van der Waals surface area contributed by atoms with Crippen LogP contribution in [-0.4, -0.2) is 17.5 Å². The second kappa shape index (κ2) is 5.41. The number of halogens is 1. The van der Waals surface area contributed by atoms with Gasteiger partial charge in [-0.3, -0.25) is 10.1 Å². The molecule has 4 rings (SSSR count). The Labute approximate surface area is 136 Å². The zero-order chi connectivity index (χ0) is 15.1. The number of nitrogens with zero attached hydrogens (tertiary/aromatic N) is 1. The van der Waals surface area contributed by atoms with Crippen LogP contribution in [0.3, 0.4) is 0 Å². The summed E-state index contributed by atoms with van der Waals surface area (Å²) >= 11 is 7.55. The van der Waals surface area contributed by atoms with Gasteiger partial charge in [0.2, 0.25) is 0 Å². The standard InChI is InChI=1S/C16H13ClN2O2S/c17-11-4-5-13-9(7-11)6-10(8-21-13)15(20)19-16-18-12-2-1-3-14(12)22-16/h4-7H,1-3,8H2,(H,18,19,20). The predicted molar refractivity (Wildman–Crippen MR) is 87.7 cm³/mol. The van der Waals surface area contributed by atoms with Gasteiger partial charge in [0.05, 0.1) is 11.3 Å². The van der Waals surface area contributed by atoms with E-state index in [1.165, 1.54) is 11.3 Å². The summed E-state index contributed by atoms with van der Waals surface area (Å²) in [5, 5.41) is 4.17. The van der Waals surface area contributed by atoms with Gasteiger partial charge in [-0.25, -0.2) is 4.98 Å². The average molecular weight is 333 g/mol. The van der Waals surface area contributed by atoms with Gasteiger partial charge in [-0.15, -0.1) is 11.3 Å². The summed E-state index contributed by atoms with van der Waals surface area (Å²) in [4.78, 5) is 18.1. The Morgan fingerprint density at radius 3 is 3.14 bits per heavy atom. The summed E-state index contributed by atoms with van der Waals surface area (Å²) in [6.45, 7) is 0.256. The summed E-state index contributed by atoms with van der Waals surface area (Å²) in [5.74, 6) is 0.576. The number of fused-ring (bicyclic) bond motifs is 2. The number of rotatable bonds is 2. The van der Waals surface area contributed by atoms with Crippen LogP contribution in [0.1, 0.15) is 22.6 Å². The lowest BCUT2D eigenvalue weighted by molar-refractivity contribution is -0.113. The largest absolute Gasteiger partial charge is 0.488 e. The van der Waals surface area contributed by atoms with E-state index in [0.717, 1.165) is 29.8 Å². The first kappa shape index (κ1) is 13.8. The van der Waals surface area contributed by atoms with Crippen molar-refractivity contribution in [3.63, 3.8) is 0 Å². The van der Waals surface area contributed by atoms with E-state index in [-0.39, 0.29) is 12.5 Å². The number of benzene rings is 1. The lowest BCUT2D eigenvalue weighted by atomic mass is 10.1. The molecule has 112 valence electrons. The lowest BCUT2D eigenvalue weighted by Gasteiger charge is -2.17. The normalized spacial score (nSPS) is 15.6. The number of hydrogen-bond acceptors (Lipinski definition) is 4. The highest BCUT2D eigenvalue weighted by Crippen LogP contribution is 2.32. The first-order chi connectivity index (χ1) is 10.7. The highest BCUT2D eigenvalue weighted by molar-refractivity contribution is 7.16. The van der Waals surface area contributed by atoms with Crippen molar-refractivity contribution in [2.24, 2.45) is 0 Å². The van der Waals surface area contributed by atoms with Crippen molar-refractivity contribution in [3.8, 4) is 5.75 Å². The van der Waals surface area contributed by atoms with Crippen LogP contribution in [0.5, 0.6) is 5.75 Å². The number of aryl methyl sites for hydroxylation is 2. The lowest BCUT2D eigenvalue weighted by Crippen LogP contribution is -2.21. The molecule has 1 N–H and O–H groups in total. The maximum absolute atomic E-state index is 12.4. The van der Waals surface area contributed by atoms with Gasteiger partial charge in [-0.2, -0.15) is 0 Å². The van der Waals surface area contributed by atoms with Gasteiger partial charge in [-0.1, -0.05) is 11.6 Å². The molecule has 0 atom stereocenters. The Morgan fingerprint density at radius 1 is 1.36 bits per heavy atom. The minimum atomic E-state index is -0.168. The first-order valence-electron chi connectivity index (χ1n) is 7.12. The molecular weight excluding hydrogens is 320 g/mol. The van der Waals surface area contributed by atoms with Crippen molar-refractivity contribution in [2.45, 2.75) is 19.3 Å². The van der Waals surface area contributed by atoms with Crippen molar-refractivity contribution < 1.29 is 9.53 Å². The van der Waals surface area contributed by atoms with Gasteiger partial charge in [0.25, 0.3) is 5.91 Å². The van der Waals surface area contributed by atoms with Gasteiger partial charge in [0.1, 0.15) is 12.4 Å². The minimum Gasteiger partial charge on any atom is -0.488 e. The van der Waals surface area contributed by atoms with E-state index in [2.05, 4.69) is 10.3 Å². The molecule has 0 radical (unpaired) electrons. The van der Waals surface area contributed by atoms with Crippen molar-refractivity contribution in [2.75, 3.05) is 11.9 Å². The molecule has 0 fully saturated rings. The molecule has 6 heteroatoms. The quantitative estimate of drug-likeness (QED) is 0.912. The smallest absolute Gasteiger partial charge is 0.256 e. The molecule has 0 saturated heterocycles. The van der Waals surface area contributed by atoms with E-state index < -0.39 is 0 Å². The number of thiazole rings is 1. The van der Waals surface area contributed by atoms with E-state index in [9.17, 15) is 4.79 Å². The van der Waals surface area contributed by atoms with Crippen LogP contribution in [0.25, 0.3) is 6.08 Å². The van der Waals surface area contributed by atoms with E-state index in [1.54, 1.807) is 23.5 Å². The fourth-order valence-electron chi connectivity index (χ4n) is 2.70. The molecule has 0 spiro atoms. The summed E-state index contributed by atoms with van der Waals surface area (Å²) < 4.78 is 5.61. The van der Waals surface area contributed by atoms with E-state index in [1.807, 2.05) is 12.1 Å². The van der Waals surface area contributed by atoms with Gasteiger partial charge in [-0.05, 0) is 43.5 Å². The topological polar surface area (TPSA) is 51.2 Å². The second-order valence-corrected chi connectivity index (χ2v) is 6.86. The number of carbonyl (C=O) groups excluding carboxylic acids is 1. The Bertz CT molecular complexity index is 776. The molecule has 2 aromatic rings. The van der Waals surface area contributed by atoms with Crippen LogP contribution in [-0.2, 0) is 17.6 Å². The number of aromatic nitrogens is 1. The van der Waals surface area contributed by atoms with Gasteiger partial charge in [0.15, 0.2) is 5.13 Å². The summed E-state index contributed by atoms with van der Waals surface area (Å²) in [7, 11) is 0. The number of anilines is 1. The van der Waals surface area contributed by atoms with Crippen LogP contribution in [0.15, 0.2) is 23.8 Å². The molecule has 1 aliphatic heterocycles. The molecule has 1 aromatic carbocycles. The van der Waals surface area contributed by atoms with Crippen LogP contribution < -0.4 is 10.1 Å². The van der Waals surface area contributed by atoms with Crippen LogP contribution in [0.2, 0.25) is 5.02 Å². The molecule has 2 heterocycles. The second-order valence-electron chi connectivity index (χ2n) is 5.34. The Morgan fingerprint density at radius 2 is 2.27 bits per heavy atom. The van der Waals surface area contributed by atoms with Gasteiger partial charge >= 0.3 is 0 Å². The zero-order valence-electron chi connectivity index (χ0n) is 11.7. The molecule has 0 bridgehead atoms. The predicted octanol–water partition coefficient (Wildman–Crippen LogP) is 3.70. The Hall–Kier alpha value is -1.85. The zero-order valence-corrected chi connectivity index (χ0v) is 13.3. The van der Waals surface area contributed by atoms with Crippen LogP contribution in [0, 0.1) is 0 Å². The number of carbonyl (C=O) groups is 1. The van der Waals surface area contributed by atoms with Crippen molar-refractivity contribution in [1.82, 2.24) is 4.98 Å². The first-order valence-corrected chi connectivity index (χ1v) is 8.31. The maximum atomic E-state index is 12.4. The monoisotopic (exact) mass is 332 g/mol. The SMILES string of the molecule is O=C(Nc1nc2c(s1)CCC2)C1=Cc2cc(Cl)ccc2OC1. The highest BCUT2D eigenvalue weighted by atomic mass is 35.5. The molecule has 4 nitrogen and oxygen atoms in total. The molecule has 0 unspecified atom stereocenters. The van der Waals surface area contributed by atoms with E-state index >= 15 is 0 Å². The molecule has 1 amide bonds. The number of hydrogen-bond donors (Lipinski definition) is 1. The maximum Gasteiger partial charge on any atom is 0.256 e. The highest BCUT2D eigenvalue weighted by Gasteiger charge is 2.21. The van der Waals surface area contributed by atoms with Crippen molar-refractivity contribution >= 4 is 40.1 Å². The average Bonchev–Trinajstić information content (AvgIpc) is 3.07. The fraction of sp³-hybridized carbons (Fsp3) is 0.250. The van der Waals surface area contributed by atoms with Gasteiger partial charge in [0, 0.05) is 15.5 Å². The third kappa shape index (κ3) is 2.51.